The zero-order valence-corrected chi connectivity index (χ0v) is 15.7. The molecule has 0 spiro atoms. The van der Waals surface area contributed by atoms with Gasteiger partial charge in [0.05, 0.1) is 15.6 Å². The molecule has 0 radical (unpaired) electrons. The number of hydrogen-bond acceptors (Lipinski definition) is 3. The predicted molar refractivity (Wildman–Crippen MR) is 102 cm³/mol. The molecule has 1 aromatic carbocycles. The molecule has 0 saturated carbocycles. The summed E-state index contributed by atoms with van der Waals surface area (Å²) in [6.45, 7) is 3.22. The number of aromatic nitrogens is 1. The van der Waals surface area contributed by atoms with Gasteiger partial charge in [-0.05, 0) is 38.0 Å². The van der Waals surface area contributed by atoms with E-state index in [1.54, 1.807) is 25.1 Å². The Morgan fingerprint density at radius 1 is 1.23 bits per heavy atom. The number of nitrogens with one attached hydrogen (secondary N) is 2. The Bertz CT molecular complexity index is 842. The lowest BCUT2D eigenvalue weighted by molar-refractivity contribution is 0.0696. The molecule has 1 amide bonds. The van der Waals surface area contributed by atoms with E-state index in [1.165, 1.54) is 0 Å². The number of anilines is 1. The number of benzene rings is 1. The number of aromatic carboxylic acids is 1. The van der Waals surface area contributed by atoms with Gasteiger partial charge in [-0.2, -0.15) is 0 Å². The van der Waals surface area contributed by atoms with Crippen LogP contribution in [0.3, 0.4) is 0 Å². The van der Waals surface area contributed by atoms with Crippen molar-refractivity contribution in [2.24, 2.45) is 0 Å². The summed E-state index contributed by atoms with van der Waals surface area (Å²) in [5.74, 6) is -1.21. The summed E-state index contributed by atoms with van der Waals surface area (Å²) in [5, 5.41) is 12.7. The number of rotatable bonds is 4. The summed E-state index contributed by atoms with van der Waals surface area (Å²) in [4.78, 5) is 28.5. The minimum absolute atomic E-state index is 0.0276. The predicted octanol–water partition coefficient (Wildman–Crippen LogP) is 3.73. The van der Waals surface area contributed by atoms with Crippen molar-refractivity contribution < 1.29 is 14.7 Å². The number of H-pyrrole nitrogens is 1. The van der Waals surface area contributed by atoms with E-state index in [2.05, 4.69) is 15.2 Å². The highest BCUT2D eigenvalue weighted by molar-refractivity contribution is 6.44. The van der Waals surface area contributed by atoms with Gasteiger partial charge in [-0.15, -0.1) is 0 Å². The van der Waals surface area contributed by atoms with Crippen LogP contribution in [0.15, 0.2) is 24.3 Å². The number of carboxylic acid groups (broad SMARTS) is 1. The van der Waals surface area contributed by atoms with Crippen molar-refractivity contribution in [1.82, 2.24) is 10.3 Å². The van der Waals surface area contributed by atoms with Gasteiger partial charge < -0.3 is 20.3 Å². The number of piperidine rings is 1. The number of carboxylic acids is 1. The first-order valence-electron chi connectivity index (χ1n) is 8.29. The molecule has 2 heterocycles. The van der Waals surface area contributed by atoms with Crippen LogP contribution in [0, 0.1) is 6.92 Å². The lowest BCUT2D eigenvalue weighted by Crippen LogP contribution is -2.44. The molecular weight excluding hydrogens is 377 g/mol. The quantitative estimate of drug-likeness (QED) is 0.735. The number of aryl methyl sites for hydroxylation is 1. The van der Waals surface area contributed by atoms with Crippen LogP contribution in [-0.2, 0) is 0 Å². The van der Waals surface area contributed by atoms with Crippen molar-refractivity contribution in [1.29, 1.82) is 0 Å². The average molecular weight is 396 g/mol. The monoisotopic (exact) mass is 395 g/mol. The highest BCUT2D eigenvalue weighted by Gasteiger charge is 2.24. The Morgan fingerprint density at radius 3 is 2.50 bits per heavy atom. The second-order valence-electron chi connectivity index (χ2n) is 6.34. The highest BCUT2D eigenvalue weighted by Crippen LogP contribution is 2.29. The molecule has 1 aliphatic heterocycles. The molecule has 0 atom stereocenters. The maximum absolute atomic E-state index is 12.4. The van der Waals surface area contributed by atoms with E-state index in [0.717, 1.165) is 31.6 Å². The maximum atomic E-state index is 12.4. The van der Waals surface area contributed by atoms with Crippen molar-refractivity contribution >= 4 is 40.8 Å². The fourth-order valence-corrected chi connectivity index (χ4v) is 3.52. The molecule has 1 fully saturated rings. The van der Waals surface area contributed by atoms with Gasteiger partial charge in [0.1, 0.15) is 5.69 Å². The summed E-state index contributed by atoms with van der Waals surface area (Å²) in [6.07, 6.45) is 1.52. The third kappa shape index (κ3) is 3.81. The molecule has 8 heteroatoms. The van der Waals surface area contributed by atoms with E-state index in [0.29, 0.717) is 10.7 Å². The smallest absolute Gasteiger partial charge is 0.335 e. The lowest BCUT2D eigenvalue weighted by atomic mass is 10.0. The van der Waals surface area contributed by atoms with Crippen molar-refractivity contribution in [3.05, 3.63) is 51.3 Å². The molecule has 138 valence electrons. The van der Waals surface area contributed by atoms with Crippen molar-refractivity contribution in [2.75, 3.05) is 18.0 Å². The largest absolute Gasteiger partial charge is 0.478 e. The number of hydrogen-bond donors (Lipinski definition) is 3. The third-order valence-electron chi connectivity index (χ3n) is 4.57. The SMILES string of the molecule is Cc1[nH]c(C(=O)NC2CCN(c3cccc(C(=O)O)c3)CC2)c(Cl)c1Cl. The molecule has 0 unspecified atom stereocenters. The van der Waals surface area contributed by atoms with Gasteiger partial charge in [0.2, 0.25) is 0 Å². The molecule has 0 aliphatic carbocycles. The maximum Gasteiger partial charge on any atom is 0.335 e. The van der Waals surface area contributed by atoms with Crippen LogP contribution in [0.2, 0.25) is 10.0 Å². The van der Waals surface area contributed by atoms with E-state index in [4.69, 9.17) is 28.3 Å². The number of halogens is 2. The molecular formula is C18H19Cl2N3O3. The van der Waals surface area contributed by atoms with E-state index < -0.39 is 5.97 Å². The topological polar surface area (TPSA) is 85.4 Å². The molecule has 3 rings (SSSR count). The van der Waals surface area contributed by atoms with Gasteiger partial charge in [0.25, 0.3) is 5.91 Å². The van der Waals surface area contributed by atoms with Crippen LogP contribution >= 0.6 is 23.2 Å². The zero-order valence-electron chi connectivity index (χ0n) is 14.2. The van der Waals surface area contributed by atoms with Crippen LogP contribution in [-0.4, -0.2) is 41.1 Å². The van der Waals surface area contributed by atoms with E-state index in [-0.39, 0.29) is 28.2 Å². The molecule has 1 aromatic heterocycles. The normalized spacial score (nSPS) is 15.1. The first-order valence-corrected chi connectivity index (χ1v) is 9.05. The number of carbonyl (C=O) groups excluding carboxylic acids is 1. The molecule has 3 N–H and O–H groups in total. The number of nitrogens with zero attached hydrogens (tertiary/aromatic N) is 1. The minimum atomic E-state index is -0.939. The molecule has 26 heavy (non-hydrogen) atoms. The van der Waals surface area contributed by atoms with Crippen LogP contribution in [0.4, 0.5) is 5.69 Å². The average Bonchev–Trinajstić information content (AvgIpc) is 2.90. The Labute approximate surface area is 161 Å². The first-order chi connectivity index (χ1) is 12.4. The first kappa shape index (κ1) is 18.6. The van der Waals surface area contributed by atoms with E-state index in [1.807, 2.05) is 6.07 Å². The zero-order chi connectivity index (χ0) is 18.8. The molecule has 1 saturated heterocycles. The number of carbonyl (C=O) groups is 2. The molecule has 2 aromatic rings. The summed E-state index contributed by atoms with van der Waals surface area (Å²) in [7, 11) is 0. The van der Waals surface area contributed by atoms with Crippen LogP contribution in [0.25, 0.3) is 0 Å². The van der Waals surface area contributed by atoms with Gasteiger partial charge in [-0.25, -0.2) is 4.79 Å². The Hall–Kier alpha value is -2.18. The summed E-state index contributed by atoms with van der Waals surface area (Å²) in [6, 6.07) is 6.91. The van der Waals surface area contributed by atoms with Crippen LogP contribution < -0.4 is 10.2 Å². The second kappa shape index (κ2) is 7.60. The van der Waals surface area contributed by atoms with Crippen LogP contribution in [0.5, 0.6) is 0 Å². The molecule has 6 nitrogen and oxygen atoms in total. The van der Waals surface area contributed by atoms with Gasteiger partial charge in [0, 0.05) is 30.5 Å². The van der Waals surface area contributed by atoms with Crippen LogP contribution in [0.1, 0.15) is 39.4 Å². The molecule has 0 bridgehead atoms. The third-order valence-corrected chi connectivity index (χ3v) is 5.52. The van der Waals surface area contributed by atoms with Gasteiger partial charge in [-0.3, -0.25) is 4.79 Å². The number of aromatic amines is 1. The summed E-state index contributed by atoms with van der Waals surface area (Å²) >= 11 is 12.1. The minimum Gasteiger partial charge on any atom is -0.478 e. The number of amides is 1. The van der Waals surface area contributed by atoms with Gasteiger partial charge >= 0.3 is 5.97 Å². The fraction of sp³-hybridized carbons (Fsp3) is 0.333. The van der Waals surface area contributed by atoms with E-state index >= 15 is 0 Å². The fourth-order valence-electron chi connectivity index (χ4n) is 3.10. The summed E-state index contributed by atoms with van der Waals surface area (Å²) < 4.78 is 0. The Balaban J connectivity index is 1.60. The van der Waals surface area contributed by atoms with E-state index in [9.17, 15) is 9.59 Å². The van der Waals surface area contributed by atoms with Crippen molar-refractivity contribution in [2.45, 2.75) is 25.8 Å². The van der Waals surface area contributed by atoms with Crippen molar-refractivity contribution in [3.8, 4) is 0 Å². The van der Waals surface area contributed by atoms with Crippen molar-refractivity contribution in [3.63, 3.8) is 0 Å². The Kier molecular flexibility index (Phi) is 5.44. The summed E-state index contributed by atoms with van der Waals surface area (Å²) in [5.41, 5.74) is 2.09. The highest BCUT2D eigenvalue weighted by atomic mass is 35.5. The lowest BCUT2D eigenvalue weighted by Gasteiger charge is -2.34. The second-order valence-corrected chi connectivity index (χ2v) is 7.10. The standard InChI is InChI=1S/C18H19Cl2N3O3/c1-10-14(19)15(20)16(21-10)17(24)22-12-5-7-23(8-6-12)13-4-2-3-11(9-13)18(25)26/h2-4,9,12,21H,5-8H2,1H3,(H,22,24)(H,25,26). The Morgan fingerprint density at radius 2 is 1.92 bits per heavy atom. The van der Waals surface area contributed by atoms with Gasteiger partial charge in [-0.1, -0.05) is 29.3 Å². The van der Waals surface area contributed by atoms with Gasteiger partial charge in [0.15, 0.2) is 0 Å². The molecule has 1 aliphatic rings.